The van der Waals surface area contributed by atoms with Crippen LogP contribution in [-0.2, 0) is 16.0 Å². The van der Waals surface area contributed by atoms with Gasteiger partial charge < -0.3 is 21.3 Å². The van der Waals surface area contributed by atoms with E-state index < -0.39 is 5.91 Å². The van der Waals surface area contributed by atoms with Crippen LogP contribution >= 0.6 is 0 Å². The van der Waals surface area contributed by atoms with Crippen molar-refractivity contribution in [2.75, 3.05) is 29.9 Å². The average molecular weight is 394 g/mol. The summed E-state index contributed by atoms with van der Waals surface area (Å²) in [6.45, 7) is 2.06. The molecule has 152 valence electrons. The zero-order chi connectivity index (χ0) is 20.6. The zero-order valence-corrected chi connectivity index (χ0v) is 16.3. The third-order valence-electron chi connectivity index (χ3n) is 4.88. The molecule has 7 heteroatoms. The Bertz CT molecular complexity index is 877. The van der Waals surface area contributed by atoms with Crippen molar-refractivity contribution < 1.29 is 14.4 Å². The number of hydrogen-bond acceptors (Lipinski definition) is 4. The fraction of sp³-hybridized carbons (Fsp3) is 0.318. The van der Waals surface area contributed by atoms with Gasteiger partial charge in [0.15, 0.2) is 0 Å². The second kappa shape index (κ2) is 9.73. The second-order valence-corrected chi connectivity index (χ2v) is 7.10. The van der Waals surface area contributed by atoms with Crippen molar-refractivity contribution in [3.8, 4) is 0 Å². The van der Waals surface area contributed by atoms with Crippen molar-refractivity contribution in [3.05, 3.63) is 59.7 Å². The van der Waals surface area contributed by atoms with Crippen molar-refractivity contribution >= 4 is 29.1 Å². The molecule has 3 amide bonds. The second-order valence-electron chi connectivity index (χ2n) is 7.10. The molecule has 1 heterocycles. The van der Waals surface area contributed by atoms with Gasteiger partial charge in [0.05, 0.1) is 17.8 Å². The van der Waals surface area contributed by atoms with Crippen LogP contribution in [0.2, 0.25) is 0 Å². The van der Waals surface area contributed by atoms with Crippen LogP contribution in [-0.4, -0.2) is 37.4 Å². The minimum Gasteiger partial charge on any atom is -0.370 e. The van der Waals surface area contributed by atoms with Crippen LogP contribution in [0.25, 0.3) is 0 Å². The molecule has 0 unspecified atom stereocenters. The highest BCUT2D eigenvalue weighted by Gasteiger charge is 2.18. The molecule has 1 saturated heterocycles. The lowest BCUT2D eigenvalue weighted by molar-refractivity contribution is -0.120. The molecule has 7 nitrogen and oxygen atoms in total. The number of carbonyl (C=O) groups excluding carboxylic acids is 3. The van der Waals surface area contributed by atoms with Crippen molar-refractivity contribution in [1.82, 2.24) is 5.32 Å². The van der Waals surface area contributed by atoms with E-state index in [-0.39, 0.29) is 31.2 Å². The SMILES string of the molecule is NC(=O)c1ccc(N2CCCC2)c(NC(=O)CCNC(=O)Cc2ccccc2)c1. The first-order valence-corrected chi connectivity index (χ1v) is 9.82. The van der Waals surface area contributed by atoms with Gasteiger partial charge in [0, 0.05) is 31.6 Å². The highest BCUT2D eigenvalue weighted by atomic mass is 16.2. The summed E-state index contributed by atoms with van der Waals surface area (Å²) in [6.07, 6.45) is 2.61. The Morgan fingerprint density at radius 2 is 1.69 bits per heavy atom. The summed E-state index contributed by atoms with van der Waals surface area (Å²) in [7, 11) is 0. The molecule has 0 aliphatic carbocycles. The fourth-order valence-corrected chi connectivity index (χ4v) is 3.40. The van der Waals surface area contributed by atoms with E-state index in [0.717, 1.165) is 37.2 Å². The van der Waals surface area contributed by atoms with Crippen molar-refractivity contribution in [2.24, 2.45) is 5.73 Å². The number of carbonyl (C=O) groups is 3. The van der Waals surface area contributed by atoms with Gasteiger partial charge >= 0.3 is 0 Å². The molecular weight excluding hydrogens is 368 g/mol. The summed E-state index contributed by atoms with van der Waals surface area (Å²) in [5.41, 5.74) is 8.11. The standard InChI is InChI=1S/C22H26N4O3/c23-22(29)17-8-9-19(26-12-4-5-13-26)18(15-17)25-20(27)10-11-24-21(28)14-16-6-2-1-3-7-16/h1-3,6-9,15H,4-5,10-14H2,(H2,23,29)(H,24,28)(H,25,27). The Morgan fingerprint density at radius 3 is 2.38 bits per heavy atom. The molecule has 1 fully saturated rings. The Labute approximate surface area is 170 Å². The lowest BCUT2D eigenvalue weighted by atomic mass is 10.1. The third-order valence-corrected chi connectivity index (χ3v) is 4.88. The molecule has 0 bridgehead atoms. The van der Waals surface area contributed by atoms with E-state index in [0.29, 0.717) is 11.3 Å². The predicted molar refractivity (Wildman–Crippen MR) is 113 cm³/mol. The van der Waals surface area contributed by atoms with Crippen molar-refractivity contribution in [1.29, 1.82) is 0 Å². The van der Waals surface area contributed by atoms with E-state index in [1.165, 1.54) is 0 Å². The van der Waals surface area contributed by atoms with Gasteiger partial charge in [0.25, 0.3) is 0 Å². The number of primary amides is 1. The first kappa shape index (κ1) is 20.4. The van der Waals surface area contributed by atoms with E-state index in [9.17, 15) is 14.4 Å². The first-order chi connectivity index (χ1) is 14.0. The molecule has 0 aromatic heterocycles. The van der Waals surface area contributed by atoms with Crippen LogP contribution in [0.1, 0.15) is 35.2 Å². The molecule has 29 heavy (non-hydrogen) atoms. The monoisotopic (exact) mass is 394 g/mol. The highest BCUT2D eigenvalue weighted by Crippen LogP contribution is 2.30. The predicted octanol–water partition coefficient (Wildman–Crippen LogP) is 2.07. The topological polar surface area (TPSA) is 105 Å². The Morgan fingerprint density at radius 1 is 0.966 bits per heavy atom. The highest BCUT2D eigenvalue weighted by molar-refractivity contribution is 5.99. The Kier molecular flexibility index (Phi) is 6.84. The number of nitrogens with two attached hydrogens (primary N) is 1. The maximum atomic E-state index is 12.4. The van der Waals surface area contributed by atoms with Gasteiger partial charge in [-0.2, -0.15) is 0 Å². The lowest BCUT2D eigenvalue weighted by Crippen LogP contribution is -2.29. The van der Waals surface area contributed by atoms with Gasteiger partial charge in [-0.3, -0.25) is 14.4 Å². The number of rotatable bonds is 8. The van der Waals surface area contributed by atoms with E-state index in [1.807, 2.05) is 36.4 Å². The van der Waals surface area contributed by atoms with Crippen LogP contribution in [0.3, 0.4) is 0 Å². The van der Waals surface area contributed by atoms with Crippen LogP contribution in [0.15, 0.2) is 48.5 Å². The van der Waals surface area contributed by atoms with E-state index in [4.69, 9.17) is 5.73 Å². The quantitative estimate of drug-likeness (QED) is 0.637. The smallest absolute Gasteiger partial charge is 0.248 e. The van der Waals surface area contributed by atoms with Crippen LogP contribution < -0.4 is 21.3 Å². The summed E-state index contributed by atoms with van der Waals surface area (Å²) in [4.78, 5) is 38.1. The normalized spacial score (nSPS) is 13.2. The van der Waals surface area contributed by atoms with Crippen molar-refractivity contribution in [2.45, 2.75) is 25.7 Å². The van der Waals surface area contributed by atoms with Gasteiger partial charge in [0.2, 0.25) is 17.7 Å². The number of hydrogen-bond donors (Lipinski definition) is 3. The number of nitrogens with one attached hydrogen (secondary N) is 2. The molecule has 0 radical (unpaired) electrons. The maximum absolute atomic E-state index is 12.4. The molecule has 1 aliphatic heterocycles. The molecule has 4 N–H and O–H groups in total. The summed E-state index contributed by atoms with van der Waals surface area (Å²) in [5.74, 6) is -0.897. The summed E-state index contributed by atoms with van der Waals surface area (Å²) < 4.78 is 0. The Hall–Kier alpha value is -3.35. The largest absolute Gasteiger partial charge is 0.370 e. The Balaban J connectivity index is 1.55. The number of nitrogens with zero attached hydrogens (tertiary/aromatic N) is 1. The van der Waals surface area contributed by atoms with Crippen LogP contribution in [0.4, 0.5) is 11.4 Å². The fourth-order valence-electron chi connectivity index (χ4n) is 3.40. The number of anilines is 2. The molecule has 3 rings (SSSR count). The van der Waals surface area contributed by atoms with E-state index in [1.54, 1.807) is 12.1 Å². The van der Waals surface area contributed by atoms with Gasteiger partial charge in [-0.15, -0.1) is 0 Å². The molecule has 0 atom stereocenters. The molecule has 2 aromatic rings. The van der Waals surface area contributed by atoms with E-state index in [2.05, 4.69) is 15.5 Å². The molecule has 0 spiro atoms. The third kappa shape index (κ3) is 5.81. The minimum atomic E-state index is -0.540. The molecule has 1 aliphatic rings. The van der Waals surface area contributed by atoms with Gasteiger partial charge in [-0.25, -0.2) is 0 Å². The minimum absolute atomic E-state index is 0.127. The molecule has 2 aromatic carbocycles. The summed E-state index contributed by atoms with van der Waals surface area (Å²) in [5, 5.41) is 5.63. The summed E-state index contributed by atoms with van der Waals surface area (Å²) >= 11 is 0. The number of benzene rings is 2. The maximum Gasteiger partial charge on any atom is 0.248 e. The summed E-state index contributed by atoms with van der Waals surface area (Å²) in [6, 6.07) is 14.5. The zero-order valence-electron chi connectivity index (χ0n) is 16.3. The average Bonchev–Trinajstić information content (AvgIpc) is 3.23. The molecular formula is C22H26N4O3. The lowest BCUT2D eigenvalue weighted by Gasteiger charge is -2.22. The van der Waals surface area contributed by atoms with E-state index >= 15 is 0 Å². The van der Waals surface area contributed by atoms with Crippen molar-refractivity contribution in [3.63, 3.8) is 0 Å². The van der Waals surface area contributed by atoms with Gasteiger partial charge in [-0.1, -0.05) is 30.3 Å². The number of amides is 3. The van der Waals surface area contributed by atoms with Crippen LogP contribution in [0.5, 0.6) is 0 Å². The first-order valence-electron chi connectivity index (χ1n) is 9.82. The van der Waals surface area contributed by atoms with Crippen LogP contribution in [0, 0.1) is 0 Å². The van der Waals surface area contributed by atoms with Gasteiger partial charge in [0.1, 0.15) is 0 Å². The van der Waals surface area contributed by atoms with Gasteiger partial charge in [-0.05, 0) is 36.6 Å². The molecule has 0 saturated carbocycles.